The van der Waals surface area contributed by atoms with Crippen LogP contribution in [0.15, 0.2) is 36.7 Å². The fourth-order valence-corrected chi connectivity index (χ4v) is 3.69. The van der Waals surface area contributed by atoms with Crippen LogP contribution in [0.2, 0.25) is 0 Å². The van der Waals surface area contributed by atoms with Crippen molar-refractivity contribution in [2.45, 2.75) is 13.5 Å². The molecule has 8 nitrogen and oxygen atoms in total. The van der Waals surface area contributed by atoms with Crippen molar-refractivity contribution in [1.82, 2.24) is 9.97 Å². The standard InChI is InChI=1S/C23H19F2N5O3/c1-4-29-17-7-16(13-5-6-15(9-26)27-10-13)28-11-14(17)12-30(23(29)31)22-20(24)18(32-2)8-19(33-3)21(22)25/h5-8,10-11H,4,12H2,1-3H3. The Hall–Kier alpha value is -4.26. The maximum absolute atomic E-state index is 15.1. The largest absolute Gasteiger partial charge is 0.493 e. The lowest BCUT2D eigenvalue weighted by Gasteiger charge is -2.37. The molecule has 2 aromatic heterocycles. The minimum atomic E-state index is -1.00. The van der Waals surface area contributed by atoms with Gasteiger partial charge in [0.2, 0.25) is 0 Å². The number of ether oxygens (including phenoxy) is 2. The lowest BCUT2D eigenvalue weighted by atomic mass is 10.1. The van der Waals surface area contributed by atoms with Gasteiger partial charge in [-0.1, -0.05) is 0 Å². The van der Waals surface area contributed by atoms with E-state index < -0.39 is 23.4 Å². The van der Waals surface area contributed by atoms with Gasteiger partial charge in [0.25, 0.3) is 0 Å². The highest BCUT2D eigenvalue weighted by Gasteiger charge is 2.36. The summed E-state index contributed by atoms with van der Waals surface area (Å²) in [5, 5.41) is 8.93. The van der Waals surface area contributed by atoms with E-state index in [4.69, 9.17) is 14.7 Å². The number of urea groups is 1. The molecule has 0 radical (unpaired) electrons. The van der Waals surface area contributed by atoms with Gasteiger partial charge in [-0.25, -0.2) is 18.6 Å². The highest BCUT2D eigenvalue weighted by Crippen LogP contribution is 2.41. The quantitative estimate of drug-likeness (QED) is 0.575. The summed E-state index contributed by atoms with van der Waals surface area (Å²) in [5.74, 6) is -2.49. The van der Waals surface area contributed by atoms with E-state index in [1.165, 1.54) is 25.3 Å². The first-order valence-corrected chi connectivity index (χ1v) is 9.97. The van der Waals surface area contributed by atoms with E-state index in [1.807, 2.05) is 6.07 Å². The summed E-state index contributed by atoms with van der Waals surface area (Å²) >= 11 is 0. The van der Waals surface area contributed by atoms with Gasteiger partial charge >= 0.3 is 6.03 Å². The summed E-state index contributed by atoms with van der Waals surface area (Å²) in [6, 6.07) is 7.44. The van der Waals surface area contributed by atoms with Crippen molar-refractivity contribution >= 4 is 17.4 Å². The zero-order valence-corrected chi connectivity index (χ0v) is 18.1. The molecular weight excluding hydrogens is 432 g/mol. The van der Waals surface area contributed by atoms with Crippen LogP contribution < -0.4 is 19.3 Å². The fraction of sp³-hybridized carbons (Fsp3) is 0.217. The Morgan fingerprint density at radius 1 is 1.09 bits per heavy atom. The molecule has 0 bridgehead atoms. The molecule has 3 aromatic rings. The van der Waals surface area contributed by atoms with Crippen molar-refractivity contribution in [3.05, 3.63) is 59.6 Å². The van der Waals surface area contributed by atoms with Crippen molar-refractivity contribution in [3.8, 4) is 28.8 Å². The first-order chi connectivity index (χ1) is 15.9. The average Bonchev–Trinajstić information content (AvgIpc) is 2.84. The number of hydrogen-bond acceptors (Lipinski definition) is 6. The maximum atomic E-state index is 15.1. The van der Waals surface area contributed by atoms with Crippen molar-refractivity contribution in [2.24, 2.45) is 0 Å². The number of aromatic nitrogens is 2. The molecule has 0 N–H and O–H groups in total. The number of methoxy groups -OCH3 is 2. The fourth-order valence-electron chi connectivity index (χ4n) is 3.69. The van der Waals surface area contributed by atoms with Gasteiger partial charge in [-0.3, -0.25) is 14.8 Å². The molecule has 0 spiro atoms. The first kappa shape index (κ1) is 22.0. The molecule has 0 aliphatic carbocycles. The van der Waals surface area contributed by atoms with Crippen LogP contribution in [0.4, 0.5) is 25.0 Å². The Balaban J connectivity index is 1.80. The molecule has 0 saturated heterocycles. The predicted octanol–water partition coefficient (Wildman–Crippen LogP) is 4.28. The summed E-state index contributed by atoms with van der Waals surface area (Å²) in [6.07, 6.45) is 3.08. The average molecular weight is 451 g/mol. The molecule has 3 heterocycles. The number of nitrogens with zero attached hydrogens (tertiary/aromatic N) is 5. The third-order valence-electron chi connectivity index (χ3n) is 5.35. The number of pyridine rings is 2. The molecule has 0 atom stereocenters. The molecule has 1 aliphatic rings. The van der Waals surface area contributed by atoms with Crippen LogP contribution in [0.1, 0.15) is 18.2 Å². The van der Waals surface area contributed by atoms with Crippen molar-refractivity contribution in [1.29, 1.82) is 5.26 Å². The molecule has 0 saturated carbocycles. The Labute approximate surface area is 188 Å². The van der Waals surface area contributed by atoms with E-state index in [2.05, 4.69) is 9.97 Å². The van der Waals surface area contributed by atoms with Gasteiger partial charge in [-0.2, -0.15) is 5.26 Å². The smallest absolute Gasteiger partial charge is 0.329 e. The normalized spacial score (nSPS) is 12.9. The predicted molar refractivity (Wildman–Crippen MR) is 116 cm³/mol. The van der Waals surface area contributed by atoms with Crippen LogP contribution in [0.3, 0.4) is 0 Å². The van der Waals surface area contributed by atoms with Crippen LogP contribution in [-0.2, 0) is 6.54 Å². The molecule has 33 heavy (non-hydrogen) atoms. The van der Waals surface area contributed by atoms with E-state index in [0.717, 1.165) is 11.0 Å². The summed E-state index contributed by atoms with van der Waals surface area (Å²) in [5.41, 5.74) is 2.10. The van der Waals surface area contributed by atoms with Crippen LogP contribution in [-0.4, -0.2) is 36.8 Å². The molecule has 0 unspecified atom stereocenters. The number of rotatable bonds is 5. The molecule has 2 amide bonds. The number of anilines is 2. The van der Waals surface area contributed by atoms with Gasteiger partial charge in [0.1, 0.15) is 17.5 Å². The van der Waals surface area contributed by atoms with Crippen molar-refractivity contribution in [2.75, 3.05) is 30.6 Å². The number of carbonyl (C=O) groups excluding carboxylic acids is 1. The molecule has 1 aromatic carbocycles. The second-order valence-electron chi connectivity index (χ2n) is 7.11. The number of hydrogen-bond donors (Lipinski definition) is 0. The third kappa shape index (κ3) is 3.67. The van der Waals surface area contributed by atoms with E-state index in [9.17, 15) is 4.79 Å². The van der Waals surface area contributed by atoms with E-state index in [-0.39, 0.29) is 30.3 Å². The Kier molecular flexibility index (Phi) is 5.79. The lowest BCUT2D eigenvalue weighted by Crippen LogP contribution is -2.48. The zero-order chi connectivity index (χ0) is 23.7. The van der Waals surface area contributed by atoms with Crippen molar-refractivity contribution in [3.63, 3.8) is 0 Å². The number of carbonyl (C=O) groups is 1. The maximum Gasteiger partial charge on any atom is 0.329 e. The van der Waals surface area contributed by atoms with Gasteiger partial charge in [-0.05, 0) is 25.1 Å². The van der Waals surface area contributed by atoms with E-state index in [0.29, 0.717) is 22.5 Å². The molecule has 0 fully saturated rings. The zero-order valence-electron chi connectivity index (χ0n) is 18.1. The van der Waals surface area contributed by atoms with Gasteiger partial charge in [0.05, 0.1) is 32.1 Å². The van der Waals surface area contributed by atoms with Gasteiger partial charge in [-0.15, -0.1) is 0 Å². The van der Waals surface area contributed by atoms with E-state index in [1.54, 1.807) is 31.3 Å². The van der Waals surface area contributed by atoms with Crippen molar-refractivity contribution < 1.29 is 23.0 Å². The van der Waals surface area contributed by atoms with Crippen LogP contribution in [0, 0.1) is 23.0 Å². The summed E-state index contributed by atoms with van der Waals surface area (Å²) in [4.78, 5) is 24.2. The van der Waals surface area contributed by atoms with Gasteiger partial charge in [0, 0.05) is 36.1 Å². The minimum absolute atomic E-state index is 0.103. The second-order valence-corrected chi connectivity index (χ2v) is 7.11. The van der Waals surface area contributed by atoms with Gasteiger partial charge < -0.3 is 9.47 Å². The van der Waals surface area contributed by atoms with Crippen LogP contribution in [0.5, 0.6) is 11.5 Å². The summed E-state index contributed by atoms with van der Waals surface area (Å²) in [6.45, 7) is 1.91. The van der Waals surface area contributed by atoms with Gasteiger partial charge in [0.15, 0.2) is 23.1 Å². The summed E-state index contributed by atoms with van der Waals surface area (Å²) < 4.78 is 40.2. The topological polar surface area (TPSA) is 91.6 Å². The molecule has 168 valence electrons. The molecule has 10 heteroatoms. The third-order valence-corrected chi connectivity index (χ3v) is 5.35. The second kappa shape index (κ2) is 8.70. The number of benzene rings is 1. The highest BCUT2D eigenvalue weighted by molar-refractivity contribution is 6.06. The molecular formula is C23H19F2N5O3. The monoisotopic (exact) mass is 451 g/mol. The number of amides is 2. The Bertz CT molecular complexity index is 1250. The Morgan fingerprint density at radius 3 is 2.33 bits per heavy atom. The first-order valence-electron chi connectivity index (χ1n) is 9.97. The molecule has 4 rings (SSSR count). The van der Waals surface area contributed by atoms with Crippen LogP contribution >= 0.6 is 0 Å². The number of fused-ring (bicyclic) bond motifs is 1. The number of halogens is 2. The highest BCUT2D eigenvalue weighted by atomic mass is 19.1. The van der Waals surface area contributed by atoms with E-state index >= 15 is 8.78 Å². The SMILES string of the molecule is CCN1C(=O)N(c2c(F)c(OC)cc(OC)c2F)Cc2cnc(-c3ccc(C#N)nc3)cc21. The van der Waals surface area contributed by atoms with Crippen LogP contribution in [0.25, 0.3) is 11.3 Å². The summed E-state index contributed by atoms with van der Waals surface area (Å²) in [7, 11) is 2.49. The lowest BCUT2D eigenvalue weighted by molar-refractivity contribution is 0.249. The minimum Gasteiger partial charge on any atom is -0.493 e. The number of nitriles is 1. The Morgan fingerprint density at radius 2 is 1.79 bits per heavy atom. The molecule has 1 aliphatic heterocycles.